The van der Waals surface area contributed by atoms with Crippen LogP contribution in [-0.2, 0) is 9.53 Å². The molecular formula is C25H30N2O5. The second-order valence-corrected chi connectivity index (χ2v) is 7.81. The second-order valence-electron chi connectivity index (χ2n) is 7.81. The third-order valence-electron chi connectivity index (χ3n) is 5.44. The topological polar surface area (TPSA) is 77.1 Å². The van der Waals surface area contributed by atoms with Gasteiger partial charge in [-0.15, -0.1) is 0 Å². The summed E-state index contributed by atoms with van der Waals surface area (Å²) in [6.07, 6.45) is 0. The Morgan fingerprint density at radius 1 is 1.06 bits per heavy atom. The van der Waals surface area contributed by atoms with Crippen LogP contribution in [0.4, 0.5) is 4.79 Å². The quantitative estimate of drug-likeness (QED) is 0.618. The first-order chi connectivity index (χ1) is 15.3. The Balaban J connectivity index is 1.96. The Morgan fingerprint density at radius 2 is 1.69 bits per heavy atom. The minimum atomic E-state index is -0.662. The van der Waals surface area contributed by atoms with Gasteiger partial charge < -0.3 is 19.5 Å². The predicted octanol–water partition coefficient (Wildman–Crippen LogP) is 4.41. The van der Waals surface area contributed by atoms with Crippen molar-refractivity contribution in [3.05, 3.63) is 70.9 Å². The van der Waals surface area contributed by atoms with E-state index in [0.717, 1.165) is 5.56 Å². The lowest BCUT2D eigenvalue weighted by molar-refractivity contribution is -0.139. The number of esters is 1. The molecule has 0 saturated heterocycles. The van der Waals surface area contributed by atoms with Gasteiger partial charge in [0.1, 0.15) is 18.1 Å². The third kappa shape index (κ3) is 5.04. The molecule has 0 bridgehead atoms. The Labute approximate surface area is 189 Å². The van der Waals surface area contributed by atoms with Crippen LogP contribution in [0.5, 0.6) is 11.5 Å². The first-order valence-corrected chi connectivity index (χ1v) is 10.7. The summed E-state index contributed by atoms with van der Waals surface area (Å²) in [5.41, 5.74) is 2.76. The fraction of sp³-hybridized carbons (Fsp3) is 0.360. The molecule has 1 heterocycles. The molecule has 0 aliphatic carbocycles. The van der Waals surface area contributed by atoms with E-state index in [1.807, 2.05) is 36.4 Å². The Bertz CT molecular complexity index is 980. The fourth-order valence-electron chi connectivity index (χ4n) is 3.53. The van der Waals surface area contributed by atoms with Gasteiger partial charge >= 0.3 is 12.0 Å². The van der Waals surface area contributed by atoms with Gasteiger partial charge in [0.05, 0.1) is 31.0 Å². The molecule has 32 heavy (non-hydrogen) atoms. The number of amides is 2. The van der Waals surface area contributed by atoms with E-state index in [1.165, 1.54) is 10.5 Å². The molecule has 0 radical (unpaired) electrons. The summed E-state index contributed by atoms with van der Waals surface area (Å²) in [6, 6.07) is 14.0. The van der Waals surface area contributed by atoms with E-state index in [4.69, 9.17) is 14.2 Å². The van der Waals surface area contributed by atoms with Crippen molar-refractivity contribution in [3.63, 3.8) is 0 Å². The van der Waals surface area contributed by atoms with Gasteiger partial charge in [-0.25, -0.2) is 9.59 Å². The van der Waals surface area contributed by atoms with E-state index in [1.54, 1.807) is 33.2 Å². The van der Waals surface area contributed by atoms with E-state index < -0.39 is 12.0 Å². The number of nitrogens with zero attached hydrogens (tertiary/aromatic N) is 1. The first-order valence-electron chi connectivity index (χ1n) is 10.7. The molecule has 0 saturated carbocycles. The lowest BCUT2D eigenvalue weighted by Gasteiger charge is -2.34. The summed E-state index contributed by atoms with van der Waals surface area (Å²) in [7, 11) is 3.19. The van der Waals surface area contributed by atoms with Gasteiger partial charge in [0.25, 0.3) is 0 Å². The van der Waals surface area contributed by atoms with Gasteiger partial charge in [0.2, 0.25) is 0 Å². The van der Waals surface area contributed by atoms with Crippen molar-refractivity contribution in [2.45, 2.75) is 32.7 Å². The zero-order chi connectivity index (χ0) is 23.3. The minimum absolute atomic E-state index is 0.0474. The lowest BCUT2D eigenvalue weighted by Crippen LogP contribution is -2.48. The highest BCUT2D eigenvalue weighted by Gasteiger charge is 2.37. The number of hydrogen-bond acceptors (Lipinski definition) is 5. The van der Waals surface area contributed by atoms with Gasteiger partial charge in [-0.2, -0.15) is 0 Å². The average Bonchev–Trinajstić information content (AvgIpc) is 2.80. The average molecular weight is 439 g/mol. The SMILES string of the molecule is CCOC(=O)C1=C(COc2ccc(C(C)C)cc2)N(C)C(=O)NC1c1ccc(OC)cc1. The standard InChI is InChI=1S/C25H30N2O5/c1-6-31-24(28)22-21(15-32-20-13-7-17(8-14-20)16(2)3)27(4)25(29)26-23(22)18-9-11-19(30-5)12-10-18/h7-14,16,23H,6,15H2,1-5H3,(H,26,29). The largest absolute Gasteiger partial charge is 0.497 e. The molecule has 1 aliphatic rings. The molecule has 1 unspecified atom stereocenters. The molecule has 3 rings (SSSR count). The number of benzene rings is 2. The number of methoxy groups -OCH3 is 1. The van der Waals surface area contributed by atoms with Crippen LogP contribution in [0, 0.1) is 0 Å². The summed E-state index contributed by atoms with van der Waals surface area (Å²) >= 11 is 0. The van der Waals surface area contributed by atoms with Gasteiger partial charge in [0, 0.05) is 7.05 Å². The Morgan fingerprint density at radius 3 is 2.25 bits per heavy atom. The molecule has 2 aromatic rings. The number of ether oxygens (including phenoxy) is 3. The lowest BCUT2D eigenvalue weighted by atomic mass is 9.94. The summed E-state index contributed by atoms with van der Waals surface area (Å²) in [6.45, 7) is 6.27. The van der Waals surface area contributed by atoms with Crippen LogP contribution in [0.25, 0.3) is 0 Å². The molecule has 170 valence electrons. The molecule has 0 aromatic heterocycles. The molecule has 0 spiro atoms. The summed E-state index contributed by atoms with van der Waals surface area (Å²) in [5, 5.41) is 2.89. The molecule has 7 heteroatoms. The predicted molar refractivity (Wildman–Crippen MR) is 122 cm³/mol. The number of urea groups is 1. The molecule has 2 aromatic carbocycles. The van der Waals surface area contributed by atoms with Crippen molar-refractivity contribution in [3.8, 4) is 11.5 Å². The van der Waals surface area contributed by atoms with Crippen molar-refractivity contribution in [2.75, 3.05) is 27.4 Å². The summed E-state index contributed by atoms with van der Waals surface area (Å²) in [4.78, 5) is 27.1. The van der Waals surface area contributed by atoms with E-state index in [-0.39, 0.29) is 19.2 Å². The fourth-order valence-corrected chi connectivity index (χ4v) is 3.53. The van der Waals surface area contributed by atoms with E-state index >= 15 is 0 Å². The number of carbonyl (C=O) groups is 2. The molecule has 1 atom stereocenters. The van der Waals surface area contributed by atoms with Crippen LogP contribution in [0.15, 0.2) is 59.8 Å². The van der Waals surface area contributed by atoms with Gasteiger partial charge in [-0.1, -0.05) is 38.1 Å². The van der Waals surface area contributed by atoms with Crippen molar-refractivity contribution in [1.82, 2.24) is 10.2 Å². The van der Waals surface area contributed by atoms with Crippen LogP contribution in [-0.4, -0.2) is 44.3 Å². The zero-order valence-corrected chi connectivity index (χ0v) is 19.2. The maximum Gasteiger partial charge on any atom is 0.338 e. The maximum absolute atomic E-state index is 13.0. The van der Waals surface area contributed by atoms with Crippen molar-refractivity contribution in [1.29, 1.82) is 0 Å². The number of likely N-dealkylation sites (N-methyl/N-ethyl adjacent to an activating group) is 1. The van der Waals surface area contributed by atoms with Crippen LogP contribution < -0.4 is 14.8 Å². The van der Waals surface area contributed by atoms with Crippen LogP contribution >= 0.6 is 0 Å². The second kappa shape index (κ2) is 10.2. The molecular weight excluding hydrogens is 408 g/mol. The molecule has 1 aliphatic heterocycles. The maximum atomic E-state index is 13.0. The molecule has 1 N–H and O–H groups in total. The number of nitrogens with one attached hydrogen (secondary N) is 1. The van der Waals surface area contributed by atoms with Crippen molar-refractivity contribution < 1.29 is 23.8 Å². The minimum Gasteiger partial charge on any atom is -0.497 e. The molecule has 0 fully saturated rings. The summed E-state index contributed by atoms with van der Waals surface area (Å²) < 4.78 is 16.5. The third-order valence-corrected chi connectivity index (χ3v) is 5.44. The van der Waals surface area contributed by atoms with Crippen LogP contribution in [0.3, 0.4) is 0 Å². The first kappa shape index (κ1) is 23.2. The number of rotatable bonds is 8. The highest BCUT2D eigenvalue weighted by molar-refractivity contribution is 5.95. The monoisotopic (exact) mass is 438 g/mol. The highest BCUT2D eigenvalue weighted by atomic mass is 16.5. The van der Waals surface area contributed by atoms with Gasteiger partial charge in [0.15, 0.2) is 0 Å². The highest BCUT2D eigenvalue weighted by Crippen LogP contribution is 2.32. The Hall–Kier alpha value is -3.48. The van der Waals surface area contributed by atoms with Gasteiger partial charge in [-0.3, -0.25) is 4.90 Å². The summed E-state index contributed by atoms with van der Waals surface area (Å²) in [5.74, 6) is 1.27. The van der Waals surface area contributed by atoms with E-state index in [2.05, 4.69) is 19.2 Å². The van der Waals surface area contributed by atoms with E-state index in [9.17, 15) is 9.59 Å². The van der Waals surface area contributed by atoms with E-state index in [0.29, 0.717) is 28.7 Å². The molecule has 2 amide bonds. The molecule has 7 nitrogen and oxygen atoms in total. The van der Waals surface area contributed by atoms with Gasteiger partial charge in [-0.05, 0) is 48.2 Å². The van der Waals surface area contributed by atoms with Crippen molar-refractivity contribution >= 4 is 12.0 Å². The van der Waals surface area contributed by atoms with Crippen molar-refractivity contribution in [2.24, 2.45) is 0 Å². The number of carbonyl (C=O) groups excluding carboxylic acids is 2. The smallest absolute Gasteiger partial charge is 0.338 e. The number of hydrogen-bond donors (Lipinski definition) is 1. The van der Waals surface area contributed by atoms with Crippen LogP contribution in [0.2, 0.25) is 0 Å². The van der Waals surface area contributed by atoms with Crippen LogP contribution in [0.1, 0.15) is 43.9 Å². The Kier molecular flexibility index (Phi) is 7.41. The normalized spacial score (nSPS) is 16.1. The zero-order valence-electron chi connectivity index (χ0n) is 19.2.